The predicted octanol–water partition coefficient (Wildman–Crippen LogP) is 2.29. The van der Waals surface area contributed by atoms with Crippen LogP contribution in [0.3, 0.4) is 0 Å². The molecule has 0 aromatic carbocycles. The number of ether oxygens (including phenoxy) is 1. The lowest BCUT2D eigenvalue weighted by Crippen LogP contribution is -2.56. The van der Waals surface area contributed by atoms with Gasteiger partial charge in [0.2, 0.25) is 11.8 Å². The maximum atomic E-state index is 12.6. The summed E-state index contributed by atoms with van der Waals surface area (Å²) in [6, 6.07) is 1.95. The molecule has 0 radical (unpaired) electrons. The maximum Gasteiger partial charge on any atom is 0.246 e. The van der Waals surface area contributed by atoms with Gasteiger partial charge in [-0.15, -0.1) is 0 Å². The van der Waals surface area contributed by atoms with Gasteiger partial charge in [0.05, 0.1) is 11.7 Å². The molecule has 1 atom stereocenters. The molecule has 1 aliphatic rings. The summed E-state index contributed by atoms with van der Waals surface area (Å²) in [6.07, 6.45) is 13.8. The van der Waals surface area contributed by atoms with Crippen LogP contribution in [0.2, 0.25) is 0 Å². The zero-order valence-electron chi connectivity index (χ0n) is 16.5. The second kappa shape index (κ2) is 9.37. The molecule has 6 nitrogen and oxygen atoms in total. The fraction of sp³-hybridized carbons (Fsp3) is 0.429. The first kappa shape index (κ1) is 20.7. The van der Waals surface area contributed by atoms with E-state index >= 15 is 0 Å². The van der Waals surface area contributed by atoms with Crippen molar-refractivity contribution in [2.75, 3.05) is 19.6 Å². The van der Waals surface area contributed by atoms with E-state index in [1.807, 2.05) is 63.0 Å². The topological polar surface area (TPSA) is 63.6 Å². The maximum absolute atomic E-state index is 12.6. The van der Waals surface area contributed by atoms with Crippen LogP contribution in [-0.2, 0) is 21.4 Å². The molecule has 6 heteroatoms. The Morgan fingerprint density at radius 1 is 1.33 bits per heavy atom. The predicted molar refractivity (Wildman–Crippen MR) is 107 cm³/mol. The molecule has 146 valence electrons. The number of carbonyl (C=O) groups excluding carboxylic acids is 2. The van der Waals surface area contributed by atoms with Crippen LogP contribution in [0.1, 0.15) is 26.3 Å². The lowest BCUT2D eigenvalue weighted by molar-refractivity contribution is -0.156. The zero-order chi connectivity index (χ0) is 19.9. The Kier molecular flexibility index (Phi) is 7.19. The van der Waals surface area contributed by atoms with Crippen LogP contribution in [0.25, 0.3) is 6.08 Å². The number of nitrogens with zero attached hydrogens (tertiary/aromatic N) is 2. The van der Waals surface area contributed by atoms with Crippen molar-refractivity contribution in [1.82, 2.24) is 14.8 Å². The number of allylic oxidation sites excluding steroid dienone is 3. The molecular formula is C21H29N3O3. The monoisotopic (exact) mass is 371 g/mol. The Balaban J connectivity index is 1.94. The minimum atomic E-state index is -0.468. The van der Waals surface area contributed by atoms with Gasteiger partial charge in [-0.05, 0) is 38.5 Å². The number of hydrogen-bond acceptors (Lipinski definition) is 3. The summed E-state index contributed by atoms with van der Waals surface area (Å²) >= 11 is 0. The third-order valence-electron chi connectivity index (χ3n) is 4.12. The van der Waals surface area contributed by atoms with Crippen molar-refractivity contribution in [3.63, 3.8) is 0 Å². The van der Waals surface area contributed by atoms with Crippen molar-refractivity contribution in [2.45, 2.75) is 32.5 Å². The second-order valence-corrected chi connectivity index (χ2v) is 7.29. The summed E-state index contributed by atoms with van der Waals surface area (Å²) in [5, 5.41) is 2.83. The molecule has 0 saturated carbocycles. The zero-order valence-corrected chi connectivity index (χ0v) is 16.5. The van der Waals surface area contributed by atoms with Gasteiger partial charge >= 0.3 is 0 Å². The number of carbonyl (C=O) groups is 2. The Morgan fingerprint density at radius 3 is 2.78 bits per heavy atom. The normalized spacial score (nSPS) is 20.0. The van der Waals surface area contributed by atoms with Crippen molar-refractivity contribution in [1.29, 1.82) is 0 Å². The fourth-order valence-electron chi connectivity index (χ4n) is 2.99. The van der Waals surface area contributed by atoms with Crippen LogP contribution in [0, 0.1) is 0 Å². The summed E-state index contributed by atoms with van der Waals surface area (Å²) in [6.45, 7) is 7.10. The lowest BCUT2D eigenvalue weighted by atomic mass is 10.0. The van der Waals surface area contributed by atoms with E-state index in [0.717, 1.165) is 5.56 Å². The first-order valence-electron chi connectivity index (χ1n) is 9.13. The van der Waals surface area contributed by atoms with Gasteiger partial charge in [-0.3, -0.25) is 9.59 Å². The van der Waals surface area contributed by atoms with Crippen LogP contribution in [0.4, 0.5) is 0 Å². The van der Waals surface area contributed by atoms with Crippen LogP contribution < -0.4 is 5.32 Å². The van der Waals surface area contributed by atoms with Crippen LogP contribution in [-0.4, -0.2) is 52.6 Å². The summed E-state index contributed by atoms with van der Waals surface area (Å²) in [5.41, 5.74) is 0.514. The SMILES string of the molecule is C/C=C/C=C/C(=O)NCC1CN(C(=O)/C=C/c2ccn(C)c2)CC(C)(C)O1. The van der Waals surface area contributed by atoms with Crippen molar-refractivity contribution >= 4 is 17.9 Å². The average molecular weight is 371 g/mol. The van der Waals surface area contributed by atoms with Crippen molar-refractivity contribution in [3.8, 4) is 0 Å². The fourth-order valence-corrected chi connectivity index (χ4v) is 2.99. The molecule has 2 heterocycles. The number of aromatic nitrogens is 1. The minimum absolute atomic E-state index is 0.0560. The number of rotatable bonds is 6. The van der Waals surface area contributed by atoms with E-state index in [1.54, 1.807) is 23.1 Å². The van der Waals surface area contributed by atoms with Crippen molar-refractivity contribution < 1.29 is 14.3 Å². The molecule has 1 aromatic heterocycles. The van der Waals surface area contributed by atoms with Crippen molar-refractivity contribution in [2.24, 2.45) is 7.05 Å². The molecule has 0 bridgehead atoms. The molecule has 2 rings (SSSR count). The number of hydrogen-bond donors (Lipinski definition) is 1. The van der Waals surface area contributed by atoms with E-state index in [2.05, 4.69) is 5.32 Å². The Hall–Kier alpha value is -2.60. The standard InChI is InChI=1S/C21H29N3O3/c1-5-6-7-8-19(25)22-13-18-15-24(16-21(2,3)27-18)20(26)10-9-17-11-12-23(4)14-17/h5-12,14,18H,13,15-16H2,1-4H3,(H,22,25)/b6-5+,8-7+,10-9+. The van der Waals surface area contributed by atoms with E-state index in [0.29, 0.717) is 19.6 Å². The molecule has 0 spiro atoms. The number of amides is 2. The Morgan fingerprint density at radius 2 is 2.11 bits per heavy atom. The van der Waals surface area contributed by atoms with Gasteiger partial charge < -0.3 is 19.5 Å². The minimum Gasteiger partial charge on any atom is -0.367 e. The van der Waals surface area contributed by atoms with Crippen LogP contribution >= 0.6 is 0 Å². The Bertz CT molecular complexity index is 744. The summed E-state index contributed by atoms with van der Waals surface area (Å²) in [4.78, 5) is 26.2. The molecule has 1 N–H and O–H groups in total. The largest absolute Gasteiger partial charge is 0.367 e. The molecule has 27 heavy (non-hydrogen) atoms. The highest BCUT2D eigenvalue weighted by Gasteiger charge is 2.35. The highest BCUT2D eigenvalue weighted by molar-refractivity contribution is 5.92. The summed E-state index contributed by atoms with van der Waals surface area (Å²) in [7, 11) is 1.94. The van der Waals surface area contributed by atoms with E-state index < -0.39 is 5.60 Å². The smallest absolute Gasteiger partial charge is 0.246 e. The second-order valence-electron chi connectivity index (χ2n) is 7.29. The van der Waals surface area contributed by atoms with Crippen molar-refractivity contribution in [3.05, 3.63) is 54.4 Å². The number of nitrogens with one attached hydrogen (secondary N) is 1. The van der Waals surface area contributed by atoms with E-state index in [1.165, 1.54) is 6.08 Å². The third-order valence-corrected chi connectivity index (χ3v) is 4.12. The van der Waals surface area contributed by atoms with Gasteiger partial charge in [-0.25, -0.2) is 0 Å². The lowest BCUT2D eigenvalue weighted by Gasteiger charge is -2.42. The molecule has 1 fully saturated rings. The number of aryl methyl sites for hydroxylation is 1. The average Bonchev–Trinajstić information content (AvgIpc) is 3.02. The summed E-state index contributed by atoms with van der Waals surface area (Å²) < 4.78 is 7.96. The van der Waals surface area contributed by atoms with Gasteiger partial charge in [0.25, 0.3) is 0 Å². The Labute approximate surface area is 161 Å². The molecule has 1 unspecified atom stereocenters. The molecule has 1 saturated heterocycles. The molecule has 0 aliphatic carbocycles. The van der Waals surface area contributed by atoms with E-state index in [9.17, 15) is 9.59 Å². The molecule has 2 amide bonds. The molecule has 1 aliphatic heterocycles. The van der Waals surface area contributed by atoms with E-state index in [-0.39, 0.29) is 17.9 Å². The first-order valence-corrected chi connectivity index (χ1v) is 9.13. The van der Waals surface area contributed by atoms with Gasteiger partial charge in [0.15, 0.2) is 0 Å². The summed E-state index contributed by atoms with van der Waals surface area (Å²) in [5.74, 6) is -0.235. The first-order chi connectivity index (χ1) is 12.8. The number of morpholine rings is 1. The van der Waals surface area contributed by atoms with Gasteiger partial charge in [0, 0.05) is 51.2 Å². The van der Waals surface area contributed by atoms with Gasteiger partial charge in [-0.2, -0.15) is 0 Å². The van der Waals surface area contributed by atoms with Crippen LogP contribution in [0.5, 0.6) is 0 Å². The quantitative estimate of drug-likeness (QED) is 0.616. The third kappa shape index (κ3) is 6.90. The van der Waals surface area contributed by atoms with Gasteiger partial charge in [0.1, 0.15) is 0 Å². The highest BCUT2D eigenvalue weighted by atomic mass is 16.5. The molecule has 1 aromatic rings. The highest BCUT2D eigenvalue weighted by Crippen LogP contribution is 2.21. The molecular weight excluding hydrogens is 342 g/mol. The van der Waals surface area contributed by atoms with E-state index in [4.69, 9.17) is 4.74 Å². The van der Waals surface area contributed by atoms with Gasteiger partial charge in [-0.1, -0.05) is 18.2 Å². The van der Waals surface area contributed by atoms with Crippen LogP contribution in [0.15, 0.2) is 48.8 Å².